The van der Waals surface area contributed by atoms with Crippen LogP contribution in [0.4, 0.5) is 14.8 Å². The fraction of sp³-hybridized carbons (Fsp3) is 0.667. The van der Waals surface area contributed by atoms with Crippen molar-refractivity contribution in [1.82, 2.24) is 15.5 Å². The van der Waals surface area contributed by atoms with E-state index < -0.39 is 21.3 Å². The highest BCUT2D eigenvalue weighted by molar-refractivity contribution is 7.90. The van der Waals surface area contributed by atoms with Gasteiger partial charge in [0, 0.05) is 25.4 Å². The summed E-state index contributed by atoms with van der Waals surface area (Å²) in [6, 6.07) is 4.45. The Kier molecular flexibility index (Phi) is 7.38. The molecule has 0 spiro atoms. The first kappa shape index (κ1) is 25.8. The molecule has 2 atom stereocenters. The molecular formula is C24H34F2N4O4S. The topological polar surface area (TPSA) is 97.6 Å². The van der Waals surface area contributed by atoms with Gasteiger partial charge in [0.2, 0.25) is 5.82 Å². The fourth-order valence-corrected chi connectivity index (χ4v) is 5.78. The Morgan fingerprint density at radius 1 is 1.26 bits per heavy atom. The molecule has 1 aromatic carbocycles. The van der Waals surface area contributed by atoms with Crippen molar-refractivity contribution in [3.05, 3.63) is 29.8 Å². The number of hydrogen-bond donors (Lipinski definition) is 1. The number of anilines is 1. The van der Waals surface area contributed by atoms with Crippen LogP contribution < -0.4 is 15.0 Å². The quantitative estimate of drug-likeness (QED) is 0.597. The predicted molar refractivity (Wildman–Crippen MR) is 127 cm³/mol. The van der Waals surface area contributed by atoms with Crippen LogP contribution in [0.1, 0.15) is 52.3 Å². The lowest BCUT2D eigenvalue weighted by Crippen LogP contribution is -2.60. The van der Waals surface area contributed by atoms with Gasteiger partial charge in [-0.15, -0.1) is 0 Å². The van der Waals surface area contributed by atoms with Crippen LogP contribution in [0.15, 0.2) is 27.6 Å². The zero-order valence-electron chi connectivity index (χ0n) is 20.6. The summed E-state index contributed by atoms with van der Waals surface area (Å²) < 4.78 is 63.0. The Balaban J connectivity index is 1.36. The first-order valence-corrected chi connectivity index (χ1v) is 14.0. The van der Waals surface area contributed by atoms with E-state index in [1.54, 1.807) is 0 Å². The van der Waals surface area contributed by atoms with Crippen molar-refractivity contribution in [1.29, 1.82) is 0 Å². The number of rotatable bonds is 7. The third-order valence-corrected chi connectivity index (χ3v) is 8.17. The van der Waals surface area contributed by atoms with Crippen molar-refractivity contribution in [3.63, 3.8) is 0 Å². The molecule has 1 saturated carbocycles. The number of ether oxygens (including phenoxy) is 1. The SMILES string of the molecule is C[C@@H]1NCCN(c2nc(C(C)(C)F)no2)[C@H]1C1CCC(COc2ccc(S(C)(=O)=O)cc2F)CC1. The maximum atomic E-state index is 14.3. The second-order valence-electron chi connectivity index (χ2n) is 10.3. The predicted octanol–water partition coefficient (Wildman–Crippen LogP) is 3.87. The van der Waals surface area contributed by atoms with Gasteiger partial charge >= 0.3 is 6.01 Å². The number of alkyl halides is 1. The summed E-state index contributed by atoms with van der Waals surface area (Å²) >= 11 is 0. The van der Waals surface area contributed by atoms with E-state index in [4.69, 9.17) is 9.26 Å². The molecule has 0 radical (unpaired) electrons. The van der Waals surface area contributed by atoms with Gasteiger partial charge in [0.05, 0.1) is 17.5 Å². The molecule has 194 valence electrons. The number of piperazine rings is 1. The average Bonchev–Trinajstić information content (AvgIpc) is 3.29. The summed E-state index contributed by atoms with van der Waals surface area (Å²) in [7, 11) is -3.47. The molecule has 11 heteroatoms. The summed E-state index contributed by atoms with van der Waals surface area (Å²) in [5.41, 5.74) is -1.67. The van der Waals surface area contributed by atoms with Gasteiger partial charge in [-0.3, -0.25) is 0 Å². The molecule has 35 heavy (non-hydrogen) atoms. The monoisotopic (exact) mass is 512 g/mol. The second-order valence-corrected chi connectivity index (χ2v) is 12.3. The summed E-state index contributed by atoms with van der Waals surface area (Å²) in [6.07, 6.45) is 4.83. The lowest BCUT2D eigenvalue weighted by Gasteiger charge is -2.45. The first-order chi connectivity index (χ1) is 16.4. The van der Waals surface area contributed by atoms with E-state index in [1.165, 1.54) is 26.0 Å². The Bertz CT molecular complexity index is 1130. The minimum atomic E-state index is -3.47. The van der Waals surface area contributed by atoms with E-state index in [9.17, 15) is 17.2 Å². The van der Waals surface area contributed by atoms with Crippen LogP contribution in [0.25, 0.3) is 0 Å². The van der Waals surface area contributed by atoms with Crippen LogP contribution in [0.2, 0.25) is 0 Å². The van der Waals surface area contributed by atoms with Crippen LogP contribution in [0.3, 0.4) is 0 Å². The van der Waals surface area contributed by atoms with Crippen molar-refractivity contribution < 1.29 is 26.5 Å². The molecular weight excluding hydrogens is 478 g/mol. The van der Waals surface area contributed by atoms with Crippen LogP contribution in [-0.4, -0.2) is 56.6 Å². The molecule has 4 rings (SSSR count). The molecule has 2 heterocycles. The number of halogens is 2. The van der Waals surface area contributed by atoms with Crippen LogP contribution >= 0.6 is 0 Å². The van der Waals surface area contributed by atoms with E-state index in [2.05, 4.69) is 27.3 Å². The summed E-state index contributed by atoms with van der Waals surface area (Å²) in [4.78, 5) is 6.40. The molecule has 1 aliphatic carbocycles. The van der Waals surface area contributed by atoms with Crippen molar-refractivity contribution in [2.75, 3.05) is 30.9 Å². The van der Waals surface area contributed by atoms with Gasteiger partial charge in [-0.05, 0) is 76.5 Å². The smallest absolute Gasteiger partial charge is 0.324 e. The summed E-state index contributed by atoms with van der Waals surface area (Å²) in [5.74, 6) is 0.111. The van der Waals surface area contributed by atoms with Crippen molar-refractivity contribution in [2.45, 2.75) is 69.1 Å². The summed E-state index contributed by atoms with van der Waals surface area (Å²) in [6.45, 7) is 6.83. The molecule has 1 saturated heterocycles. The van der Waals surface area contributed by atoms with Gasteiger partial charge in [-0.1, -0.05) is 5.16 Å². The standard InChI is InChI=1S/C24H34F2N4O4S/c1-15-21(30(12-11-27-15)23-28-22(29-34-23)24(2,3)26)17-7-5-16(6-8-17)14-33-20-10-9-18(13-19(20)25)35(4,31)32/h9-10,13,15-17,21,27H,5-8,11-12,14H2,1-4H3/t15-,16?,17?,21+/m0/s1. The van der Waals surface area contributed by atoms with Gasteiger partial charge in [0.25, 0.3) is 0 Å². The molecule has 1 aliphatic heterocycles. The second kappa shape index (κ2) is 10.0. The van der Waals surface area contributed by atoms with Gasteiger partial charge in [-0.2, -0.15) is 4.98 Å². The lowest BCUT2D eigenvalue weighted by molar-refractivity contribution is 0.150. The average molecular weight is 513 g/mol. The van der Waals surface area contributed by atoms with E-state index >= 15 is 0 Å². The fourth-order valence-electron chi connectivity index (χ4n) is 5.15. The number of sulfone groups is 1. The Morgan fingerprint density at radius 3 is 2.57 bits per heavy atom. The van der Waals surface area contributed by atoms with Crippen molar-refractivity contribution in [2.24, 2.45) is 11.8 Å². The number of benzene rings is 1. The Morgan fingerprint density at radius 2 is 1.97 bits per heavy atom. The van der Waals surface area contributed by atoms with Crippen LogP contribution in [0, 0.1) is 17.7 Å². The molecule has 0 unspecified atom stereocenters. The molecule has 0 bridgehead atoms. The van der Waals surface area contributed by atoms with Crippen molar-refractivity contribution in [3.8, 4) is 5.75 Å². The van der Waals surface area contributed by atoms with Gasteiger partial charge in [0.15, 0.2) is 27.1 Å². The Labute approximate surface area is 205 Å². The van der Waals surface area contributed by atoms with Crippen molar-refractivity contribution >= 4 is 15.9 Å². The van der Waals surface area contributed by atoms with Crippen LogP contribution in [-0.2, 0) is 15.5 Å². The Hall–Kier alpha value is -2.27. The van der Waals surface area contributed by atoms with Gasteiger partial charge in [0.1, 0.15) is 0 Å². The summed E-state index contributed by atoms with van der Waals surface area (Å²) in [5, 5.41) is 7.39. The van der Waals surface area contributed by atoms with E-state index in [1.807, 2.05) is 0 Å². The minimum absolute atomic E-state index is 0.0510. The number of nitrogens with one attached hydrogen (secondary N) is 1. The van der Waals surface area contributed by atoms with Gasteiger partial charge < -0.3 is 19.5 Å². The maximum absolute atomic E-state index is 14.3. The maximum Gasteiger partial charge on any atom is 0.324 e. The molecule has 1 N–H and O–H groups in total. The molecule has 0 amide bonds. The third kappa shape index (κ3) is 5.94. The first-order valence-electron chi connectivity index (χ1n) is 12.1. The highest BCUT2D eigenvalue weighted by Crippen LogP contribution is 2.37. The number of hydrogen-bond acceptors (Lipinski definition) is 8. The highest BCUT2D eigenvalue weighted by Gasteiger charge is 2.40. The highest BCUT2D eigenvalue weighted by atomic mass is 32.2. The number of aromatic nitrogens is 2. The van der Waals surface area contributed by atoms with E-state index in [0.717, 1.165) is 44.6 Å². The van der Waals surface area contributed by atoms with Gasteiger partial charge in [-0.25, -0.2) is 17.2 Å². The molecule has 2 aliphatic rings. The number of nitrogens with zero attached hydrogens (tertiary/aromatic N) is 3. The van der Waals surface area contributed by atoms with Crippen LogP contribution in [0.5, 0.6) is 5.75 Å². The largest absolute Gasteiger partial charge is 0.490 e. The zero-order valence-corrected chi connectivity index (χ0v) is 21.4. The van der Waals surface area contributed by atoms with E-state index in [-0.39, 0.29) is 34.5 Å². The molecule has 8 nitrogen and oxygen atoms in total. The zero-order chi connectivity index (χ0) is 25.4. The third-order valence-electron chi connectivity index (χ3n) is 7.06. The minimum Gasteiger partial charge on any atom is -0.490 e. The molecule has 2 fully saturated rings. The molecule has 2 aromatic rings. The lowest BCUT2D eigenvalue weighted by atomic mass is 9.76. The van der Waals surface area contributed by atoms with E-state index in [0.29, 0.717) is 25.1 Å². The molecule has 1 aromatic heterocycles. The normalized spacial score (nSPS) is 26.1.